The molecule has 2 aromatic heterocycles. The number of alkyl halides is 2. The van der Waals surface area contributed by atoms with Crippen molar-refractivity contribution >= 4 is 24.1 Å². The Morgan fingerprint density at radius 1 is 1.24 bits per heavy atom. The van der Waals surface area contributed by atoms with Gasteiger partial charge in [0.1, 0.15) is 5.69 Å². The van der Waals surface area contributed by atoms with Crippen molar-refractivity contribution in [3.63, 3.8) is 0 Å². The Hall–Kier alpha value is -3.05. The summed E-state index contributed by atoms with van der Waals surface area (Å²) in [7, 11) is 0. The van der Waals surface area contributed by atoms with Gasteiger partial charge in [-0.2, -0.15) is 10.1 Å². The van der Waals surface area contributed by atoms with Crippen LogP contribution in [0.15, 0.2) is 6.20 Å². The number of fused-ring (bicyclic) bond motifs is 1. The Balaban J connectivity index is 1.40. The number of imidazole rings is 1. The molecule has 2 atom stereocenters. The van der Waals surface area contributed by atoms with Gasteiger partial charge in [0.05, 0.1) is 24.0 Å². The molecular weight excluding hydrogens is 448 g/mol. The number of rotatable bonds is 6. The molecule has 34 heavy (non-hydrogen) atoms. The van der Waals surface area contributed by atoms with E-state index in [1.54, 1.807) is 10.7 Å². The first-order valence-corrected chi connectivity index (χ1v) is 11.8. The van der Waals surface area contributed by atoms with Crippen LogP contribution in [0.4, 0.5) is 19.4 Å². The highest BCUT2D eigenvalue weighted by atomic mass is 19.3. The largest absolute Gasteiger partial charge is 0.465 e. The van der Waals surface area contributed by atoms with E-state index < -0.39 is 18.1 Å². The van der Waals surface area contributed by atoms with Crippen LogP contribution in [-0.2, 0) is 4.79 Å². The van der Waals surface area contributed by atoms with E-state index in [0.717, 1.165) is 12.8 Å². The number of carboxylic acid groups (broad SMARTS) is 1. The molecule has 12 heteroatoms. The standard InChI is InChI=1S/C22H29F2N7O3/c1-13-19(29-8-9-30(21(33)34)17(11-29)14-2-3-14)27-20-26-16(10-31(20)28-13)18(25-12-32)15-4-6-22(23,24)7-5-15/h10,12,14-15,17-18H,2-9,11H2,1H3,(H,25,32)(H,33,34). The van der Waals surface area contributed by atoms with Gasteiger partial charge in [0.15, 0.2) is 5.82 Å². The second-order valence-electron chi connectivity index (χ2n) is 9.71. The fourth-order valence-electron chi connectivity index (χ4n) is 5.42. The maximum Gasteiger partial charge on any atom is 0.407 e. The van der Waals surface area contributed by atoms with Crippen molar-refractivity contribution in [1.29, 1.82) is 0 Å². The van der Waals surface area contributed by atoms with Gasteiger partial charge >= 0.3 is 6.09 Å². The molecule has 2 aliphatic carbocycles. The van der Waals surface area contributed by atoms with E-state index in [1.165, 1.54) is 4.90 Å². The molecule has 2 aromatic rings. The third kappa shape index (κ3) is 4.37. The number of anilines is 1. The van der Waals surface area contributed by atoms with Crippen LogP contribution in [0.5, 0.6) is 0 Å². The molecule has 3 fully saturated rings. The molecule has 0 bridgehead atoms. The zero-order valence-corrected chi connectivity index (χ0v) is 19.0. The number of hydrogen-bond acceptors (Lipinski definition) is 6. The number of carbonyl (C=O) groups is 2. The summed E-state index contributed by atoms with van der Waals surface area (Å²) in [6.45, 7) is 3.32. The molecular formula is C22H29F2N7O3. The topological polar surface area (TPSA) is 116 Å². The molecule has 0 spiro atoms. The molecule has 2 saturated carbocycles. The summed E-state index contributed by atoms with van der Waals surface area (Å²) >= 11 is 0. The molecule has 0 radical (unpaired) electrons. The number of piperazine rings is 1. The normalized spacial score (nSPS) is 24.3. The fourth-order valence-corrected chi connectivity index (χ4v) is 5.42. The van der Waals surface area contributed by atoms with E-state index in [4.69, 9.17) is 4.98 Å². The second kappa shape index (κ2) is 8.62. The first-order valence-electron chi connectivity index (χ1n) is 11.8. The minimum atomic E-state index is -2.65. The first-order chi connectivity index (χ1) is 16.3. The van der Waals surface area contributed by atoms with Crippen molar-refractivity contribution in [3.05, 3.63) is 17.6 Å². The number of nitrogens with one attached hydrogen (secondary N) is 1. The number of carbonyl (C=O) groups excluding carboxylic acids is 1. The number of hydrogen-bond donors (Lipinski definition) is 2. The number of aromatic nitrogens is 4. The van der Waals surface area contributed by atoms with Crippen LogP contribution in [0.3, 0.4) is 0 Å². The van der Waals surface area contributed by atoms with Gasteiger partial charge in [-0.15, -0.1) is 0 Å². The number of amides is 2. The van der Waals surface area contributed by atoms with Gasteiger partial charge in [0, 0.05) is 32.5 Å². The van der Waals surface area contributed by atoms with Crippen LogP contribution in [-0.4, -0.2) is 73.7 Å². The smallest absolute Gasteiger partial charge is 0.407 e. The minimum Gasteiger partial charge on any atom is -0.465 e. The lowest BCUT2D eigenvalue weighted by Crippen LogP contribution is -2.56. The molecule has 1 saturated heterocycles. The average molecular weight is 478 g/mol. The SMILES string of the molecule is Cc1nn2cc(C(NC=O)C3CCC(F)(F)CC3)nc2nc1N1CCN(C(=O)O)C(C2CC2)C1. The number of halogens is 2. The fraction of sp³-hybridized carbons (Fsp3) is 0.682. The maximum atomic E-state index is 13.6. The molecule has 184 valence electrons. The summed E-state index contributed by atoms with van der Waals surface area (Å²) in [5.41, 5.74) is 1.23. The predicted octanol–water partition coefficient (Wildman–Crippen LogP) is 2.62. The van der Waals surface area contributed by atoms with E-state index in [9.17, 15) is 23.5 Å². The zero-order chi connectivity index (χ0) is 24.0. The van der Waals surface area contributed by atoms with Gasteiger partial charge in [0.25, 0.3) is 5.78 Å². The van der Waals surface area contributed by atoms with Crippen LogP contribution in [0.2, 0.25) is 0 Å². The molecule has 3 aliphatic rings. The summed E-state index contributed by atoms with van der Waals surface area (Å²) in [5.74, 6) is -1.39. The molecule has 2 N–H and O–H groups in total. The lowest BCUT2D eigenvalue weighted by atomic mass is 9.81. The van der Waals surface area contributed by atoms with E-state index >= 15 is 0 Å². The number of aryl methyl sites for hydroxylation is 1. The molecule has 0 aromatic carbocycles. The van der Waals surface area contributed by atoms with Crippen molar-refractivity contribution in [3.8, 4) is 0 Å². The average Bonchev–Trinajstić information content (AvgIpc) is 3.57. The highest BCUT2D eigenvalue weighted by molar-refractivity contribution is 5.66. The Bertz CT molecular complexity index is 1080. The third-order valence-corrected chi connectivity index (χ3v) is 7.41. The Kier molecular flexibility index (Phi) is 5.76. The summed E-state index contributed by atoms with van der Waals surface area (Å²) in [6.07, 6.45) is 3.66. The number of nitrogens with zero attached hydrogens (tertiary/aromatic N) is 6. The minimum absolute atomic E-state index is 0.0652. The molecule has 5 rings (SSSR count). The lowest BCUT2D eigenvalue weighted by molar-refractivity contribution is -0.111. The monoisotopic (exact) mass is 477 g/mol. The molecule has 3 heterocycles. The quantitative estimate of drug-likeness (QED) is 0.615. The Morgan fingerprint density at radius 3 is 2.62 bits per heavy atom. The van der Waals surface area contributed by atoms with Crippen LogP contribution in [0.25, 0.3) is 5.78 Å². The van der Waals surface area contributed by atoms with E-state index in [0.29, 0.717) is 67.8 Å². The summed E-state index contributed by atoms with van der Waals surface area (Å²) in [6, 6.07) is -0.552. The highest BCUT2D eigenvalue weighted by Crippen LogP contribution is 2.41. The van der Waals surface area contributed by atoms with Gasteiger partial charge in [0.2, 0.25) is 12.3 Å². The van der Waals surface area contributed by atoms with Gasteiger partial charge < -0.3 is 20.2 Å². The summed E-state index contributed by atoms with van der Waals surface area (Å²) in [5, 5.41) is 16.9. The van der Waals surface area contributed by atoms with E-state index in [2.05, 4.69) is 20.3 Å². The van der Waals surface area contributed by atoms with E-state index in [-0.39, 0.29) is 24.8 Å². The summed E-state index contributed by atoms with van der Waals surface area (Å²) < 4.78 is 28.8. The van der Waals surface area contributed by atoms with Gasteiger partial charge in [-0.25, -0.2) is 23.1 Å². The van der Waals surface area contributed by atoms with Crippen molar-refractivity contribution in [2.45, 2.75) is 63.5 Å². The van der Waals surface area contributed by atoms with Crippen LogP contribution >= 0.6 is 0 Å². The first kappa shape index (κ1) is 22.7. The maximum absolute atomic E-state index is 13.6. The second-order valence-corrected chi connectivity index (χ2v) is 9.71. The predicted molar refractivity (Wildman–Crippen MR) is 118 cm³/mol. The van der Waals surface area contributed by atoms with Gasteiger partial charge in [-0.05, 0) is 44.4 Å². The molecule has 2 unspecified atom stereocenters. The van der Waals surface area contributed by atoms with Crippen LogP contribution in [0.1, 0.15) is 56.0 Å². The zero-order valence-electron chi connectivity index (χ0n) is 19.0. The van der Waals surface area contributed by atoms with Crippen LogP contribution < -0.4 is 10.2 Å². The Morgan fingerprint density at radius 2 is 1.97 bits per heavy atom. The van der Waals surface area contributed by atoms with Crippen molar-refractivity contribution in [2.24, 2.45) is 11.8 Å². The Labute approximate surface area is 195 Å². The lowest BCUT2D eigenvalue weighted by Gasteiger charge is -2.41. The molecule has 1 aliphatic heterocycles. The van der Waals surface area contributed by atoms with Gasteiger partial charge in [-0.3, -0.25) is 4.79 Å². The molecule has 10 nitrogen and oxygen atoms in total. The van der Waals surface area contributed by atoms with Crippen molar-refractivity contribution < 1.29 is 23.5 Å². The van der Waals surface area contributed by atoms with E-state index in [1.807, 2.05) is 6.92 Å². The highest BCUT2D eigenvalue weighted by Gasteiger charge is 2.42. The molecule has 2 amide bonds. The third-order valence-electron chi connectivity index (χ3n) is 7.41. The van der Waals surface area contributed by atoms with Gasteiger partial charge in [-0.1, -0.05) is 0 Å². The van der Waals surface area contributed by atoms with Crippen molar-refractivity contribution in [2.75, 3.05) is 24.5 Å². The van der Waals surface area contributed by atoms with Crippen LogP contribution in [0, 0.1) is 18.8 Å². The summed E-state index contributed by atoms with van der Waals surface area (Å²) in [4.78, 5) is 35.9. The van der Waals surface area contributed by atoms with Crippen molar-refractivity contribution in [1.82, 2.24) is 29.8 Å².